The number of thiophene rings is 1. The van der Waals surface area contributed by atoms with Crippen LogP contribution in [-0.2, 0) is 6.18 Å². The Labute approximate surface area is 128 Å². The zero-order chi connectivity index (χ0) is 14.2. The van der Waals surface area contributed by atoms with E-state index in [1.54, 1.807) is 10.8 Å². The van der Waals surface area contributed by atoms with Gasteiger partial charge in [0.05, 0.1) is 5.56 Å². The molecule has 19 heavy (non-hydrogen) atoms. The lowest BCUT2D eigenvalue weighted by molar-refractivity contribution is -0.138. The second kappa shape index (κ2) is 5.55. The third kappa shape index (κ3) is 3.21. The normalized spacial score (nSPS) is 13.6. The molecule has 0 aliphatic rings. The summed E-state index contributed by atoms with van der Waals surface area (Å²) in [7, 11) is 0. The highest BCUT2D eigenvalue weighted by Crippen LogP contribution is 2.38. The highest BCUT2D eigenvalue weighted by molar-refractivity contribution is 9.10. The third-order valence-electron chi connectivity index (χ3n) is 2.55. The first-order chi connectivity index (χ1) is 8.80. The fourth-order valence-electron chi connectivity index (χ4n) is 1.60. The van der Waals surface area contributed by atoms with Crippen molar-refractivity contribution in [1.29, 1.82) is 0 Å². The average Bonchev–Trinajstić information content (AvgIpc) is 2.73. The summed E-state index contributed by atoms with van der Waals surface area (Å²) in [6.07, 6.45) is -5.55. The zero-order valence-corrected chi connectivity index (χ0v) is 13.2. The minimum Gasteiger partial charge on any atom is -0.384 e. The Morgan fingerprint density at radius 1 is 1.11 bits per heavy atom. The van der Waals surface area contributed by atoms with Crippen LogP contribution < -0.4 is 0 Å². The summed E-state index contributed by atoms with van der Waals surface area (Å²) in [5.74, 6) is 0. The lowest BCUT2D eigenvalue weighted by Crippen LogP contribution is -2.08. The molecule has 1 unspecified atom stereocenters. The Balaban J connectivity index is 2.44. The first kappa shape index (κ1) is 15.0. The van der Waals surface area contributed by atoms with E-state index in [2.05, 4.69) is 31.9 Å². The first-order valence-corrected chi connectivity index (χ1v) is 7.60. The molecule has 0 spiro atoms. The molecule has 2 aromatic rings. The Kier molecular flexibility index (Phi) is 4.39. The molecule has 0 saturated carbocycles. The van der Waals surface area contributed by atoms with E-state index in [4.69, 9.17) is 0 Å². The Morgan fingerprint density at radius 2 is 1.79 bits per heavy atom. The zero-order valence-electron chi connectivity index (χ0n) is 9.21. The maximum absolute atomic E-state index is 12.8. The van der Waals surface area contributed by atoms with Crippen LogP contribution in [0.4, 0.5) is 13.2 Å². The number of aliphatic hydroxyl groups is 1. The van der Waals surface area contributed by atoms with Crippen molar-refractivity contribution in [1.82, 2.24) is 0 Å². The van der Waals surface area contributed by atoms with Gasteiger partial charge in [0.25, 0.3) is 0 Å². The van der Waals surface area contributed by atoms with Crippen LogP contribution in [0.15, 0.2) is 37.9 Å². The molecular formula is C12H7Br2F3OS. The van der Waals surface area contributed by atoms with E-state index in [0.717, 1.165) is 6.07 Å². The van der Waals surface area contributed by atoms with E-state index in [0.29, 0.717) is 10.0 Å². The Morgan fingerprint density at radius 3 is 2.32 bits per heavy atom. The van der Waals surface area contributed by atoms with Crippen LogP contribution in [0.2, 0.25) is 0 Å². The molecule has 1 N–H and O–H groups in total. The lowest BCUT2D eigenvalue weighted by atomic mass is 10.0. The van der Waals surface area contributed by atoms with Crippen LogP contribution in [0.25, 0.3) is 0 Å². The van der Waals surface area contributed by atoms with Gasteiger partial charge in [-0.15, -0.1) is 0 Å². The summed E-state index contributed by atoms with van der Waals surface area (Å²) in [4.78, 5) is 0. The number of benzene rings is 1. The van der Waals surface area contributed by atoms with Gasteiger partial charge in [-0.3, -0.25) is 0 Å². The average molecular weight is 416 g/mol. The Hall–Kier alpha value is -0.370. The predicted octanol–water partition coefficient (Wildman–Crippen LogP) is 5.37. The fourth-order valence-corrected chi connectivity index (χ4v) is 3.60. The molecule has 1 aromatic heterocycles. The van der Waals surface area contributed by atoms with Crippen molar-refractivity contribution in [3.05, 3.63) is 54.6 Å². The van der Waals surface area contributed by atoms with Gasteiger partial charge < -0.3 is 5.11 Å². The van der Waals surface area contributed by atoms with Crippen LogP contribution in [0.1, 0.15) is 22.8 Å². The summed E-state index contributed by atoms with van der Waals surface area (Å²) in [5, 5.41) is 13.6. The minimum absolute atomic E-state index is 0.0414. The van der Waals surface area contributed by atoms with Gasteiger partial charge >= 0.3 is 6.18 Å². The van der Waals surface area contributed by atoms with Crippen molar-refractivity contribution in [2.75, 3.05) is 0 Å². The van der Waals surface area contributed by atoms with Crippen LogP contribution in [0, 0.1) is 0 Å². The summed E-state index contributed by atoms with van der Waals surface area (Å²) >= 11 is 7.49. The highest BCUT2D eigenvalue weighted by Gasteiger charge is 2.33. The number of hydrogen-bond donors (Lipinski definition) is 1. The topological polar surface area (TPSA) is 20.2 Å². The van der Waals surface area contributed by atoms with E-state index in [1.807, 2.05) is 0 Å². The van der Waals surface area contributed by atoms with Gasteiger partial charge in [0.1, 0.15) is 6.10 Å². The van der Waals surface area contributed by atoms with Crippen molar-refractivity contribution in [2.45, 2.75) is 12.3 Å². The predicted molar refractivity (Wildman–Crippen MR) is 75.2 cm³/mol. The fraction of sp³-hybridized carbons (Fsp3) is 0.167. The first-order valence-electron chi connectivity index (χ1n) is 5.07. The molecule has 0 amide bonds. The third-order valence-corrected chi connectivity index (χ3v) is 4.99. The van der Waals surface area contributed by atoms with Crippen LogP contribution in [0.3, 0.4) is 0 Å². The van der Waals surface area contributed by atoms with Gasteiger partial charge in [-0.05, 0) is 39.0 Å². The molecule has 0 aliphatic heterocycles. The van der Waals surface area contributed by atoms with Gasteiger partial charge in [-0.2, -0.15) is 24.5 Å². The number of aliphatic hydroxyl groups excluding tert-OH is 1. The van der Waals surface area contributed by atoms with Crippen LogP contribution >= 0.6 is 43.2 Å². The summed E-state index contributed by atoms with van der Waals surface area (Å²) < 4.78 is 39.0. The van der Waals surface area contributed by atoms with Crippen molar-refractivity contribution < 1.29 is 18.3 Å². The maximum Gasteiger partial charge on any atom is 0.417 e. The molecule has 0 saturated heterocycles. The standard InChI is InChI=1S/C12H7Br2F3OS/c13-9-2-1-6(3-8(9)12(15,16)17)11(18)7-4-19-5-10(7)14/h1-5,11,18H. The Bertz CT molecular complexity index is 595. The smallest absolute Gasteiger partial charge is 0.384 e. The molecule has 102 valence electrons. The maximum atomic E-state index is 12.8. The minimum atomic E-state index is -4.46. The van der Waals surface area contributed by atoms with Gasteiger partial charge in [-0.25, -0.2) is 0 Å². The molecular weight excluding hydrogens is 409 g/mol. The molecule has 0 bridgehead atoms. The van der Waals surface area contributed by atoms with E-state index in [9.17, 15) is 18.3 Å². The largest absolute Gasteiger partial charge is 0.417 e. The second-order valence-corrected chi connectivity index (χ2v) is 6.27. The van der Waals surface area contributed by atoms with E-state index < -0.39 is 17.8 Å². The van der Waals surface area contributed by atoms with Crippen molar-refractivity contribution in [3.8, 4) is 0 Å². The molecule has 0 fully saturated rings. The van der Waals surface area contributed by atoms with Crippen LogP contribution in [-0.4, -0.2) is 5.11 Å². The molecule has 1 atom stereocenters. The summed E-state index contributed by atoms with van der Waals surface area (Å²) in [6.45, 7) is 0. The van der Waals surface area contributed by atoms with E-state index in [1.165, 1.54) is 23.5 Å². The van der Waals surface area contributed by atoms with Crippen molar-refractivity contribution >= 4 is 43.2 Å². The van der Waals surface area contributed by atoms with Gasteiger partial charge in [0, 0.05) is 19.9 Å². The second-order valence-electron chi connectivity index (χ2n) is 3.81. The van der Waals surface area contributed by atoms with Gasteiger partial charge in [0.2, 0.25) is 0 Å². The van der Waals surface area contributed by atoms with Crippen molar-refractivity contribution in [2.24, 2.45) is 0 Å². The number of halogens is 5. The van der Waals surface area contributed by atoms with Gasteiger partial charge in [-0.1, -0.05) is 22.0 Å². The monoisotopic (exact) mass is 414 g/mol. The summed E-state index contributed by atoms with van der Waals surface area (Å²) in [6, 6.07) is 3.72. The summed E-state index contributed by atoms with van der Waals surface area (Å²) in [5.41, 5.74) is -0.0366. The molecule has 1 nitrogen and oxygen atoms in total. The van der Waals surface area contributed by atoms with Crippen LogP contribution in [0.5, 0.6) is 0 Å². The molecule has 1 heterocycles. The van der Waals surface area contributed by atoms with E-state index >= 15 is 0 Å². The number of rotatable bonds is 2. The molecule has 2 rings (SSSR count). The quantitative estimate of drug-likeness (QED) is 0.698. The lowest BCUT2D eigenvalue weighted by Gasteiger charge is -2.15. The van der Waals surface area contributed by atoms with Crippen molar-refractivity contribution in [3.63, 3.8) is 0 Å². The van der Waals surface area contributed by atoms with Gasteiger partial charge in [0.15, 0.2) is 0 Å². The molecule has 1 aromatic carbocycles. The SMILES string of the molecule is OC(c1ccc(Br)c(C(F)(F)F)c1)c1cscc1Br. The van der Waals surface area contributed by atoms with E-state index in [-0.39, 0.29) is 10.0 Å². The molecule has 0 aliphatic carbocycles. The number of alkyl halides is 3. The number of hydrogen-bond acceptors (Lipinski definition) is 2. The molecule has 7 heteroatoms. The highest BCUT2D eigenvalue weighted by atomic mass is 79.9. The molecule has 0 radical (unpaired) electrons.